The Labute approximate surface area is 180 Å². The molecule has 0 fully saturated rings. The summed E-state index contributed by atoms with van der Waals surface area (Å²) in [4.78, 5) is 29.7. The topological polar surface area (TPSA) is 68.9 Å². The summed E-state index contributed by atoms with van der Waals surface area (Å²) in [5, 5.41) is 2.69. The summed E-state index contributed by atoms with van der Waals surface area (Å²) in [6.07, 6.45) is 1.58. The van der Waals surface area contributed by atoms with Crippen LogP contribution >= 0.6 is 11.6 Å². The number of hydrogen-bond donors (Lipinski definition) is 1. The number of fused-ring (bicyclic) bond motifs is 1. The standard InChI is InChI=1S/C22H17ClF2N4O2/c23-18-12-16(25)7-8-17(18)21(30)27-10-11-28-20-19(2-1-9-26-20)29(22(28)31)13-14-3-5-15(24)6-4-14/h1-9,12H,10-11,13H2,(H,27,30). The van der Waals surface area contributed by atoms with E-state index in [0.29, 0.717) is 11.2 Å². The number of imidazole rings is 1. The highest BCUT2D eigenvalue weighted by molar-refractivity contribution is 6.33. The van der Waals surface area contributed by atoms with Crippen molar-refractivity contribution in [2.45, 2.75) is 13.1 Å². The highest BCUT2D eigenvalue weighted by Gasteiger charge is 2.15. The van der Waals surface area contributed by atoms with Gasteiger partial charge >= 0.3 is 5.69 Å². The fourth-order valence-electron chi connectivity index (χ4n) is 3.32. The third-order valence-corrected chi connectivity index (χ3v) is 5.14. The average Bonchev–Trinajstić information content (AvgIpc) is 3.01. The molecule has 0 spiro atoms. The maximum Gasteiger partial charge on any atom is 0.330 e. The molecule has 0 bridgehead atoms. The van der Waals surface area contributed by atoms with E-state index in [2.05, 4.69) is 10.3 Å². The van der Waals surface area contributed by atoms with Crippen LogP contribution in [0.25, 0.3) is 11.2 Å². The second-order valence-corrected chi connectivity index (χ2v) is 7.28. The first kappa shape index (κ1) is 20.7. The molecule has 9 heteroatoms. The Morgan fingerprint density at radius 3 is 2.52 bits per heavy atom. The molecule has 6 nitrogen and oxygen atoms in total. The number of carbonyl (C=O) groups is 1. The SMILES string of the molecule is O=C(NCCn1c(=O)n(Cc2ccc(F)cc2)c2cccnc21)c1ccc(F)cc1Cl. The molecule has 2 heterocycles. The number of halogens is 3. The van der Waals surface area contributed by atoms with Crippen molar-refractivity contribution < 1.29 is 13.6 Å². The molecule has 0 aliphatic rings. The van der Waals surface area contributed by atoms with Gasteiger partial charge in [0, 0.05) is 19.3 Å². The lowest BCUT2D eigenvalue weighted by Crippen LogP contribution is -2.32. The molecule has 2 aromatic heterocycles. The molecule has 0 unspecified atom stereocenters. The van der Waals surface area contributed by atoms with Crippen molar-refractivity contribution >= 4 is 28.7 Å². The normalized spacial score (nSPS) is 11.1. The third-order valence-electron chi connectivity index (χ3n) is 4.83. The number of hydrogen-bond acceptors (Lipinski definition) is 3. The molecule has 2 aromatic carbocycles. The van der Waals surface area contributed by atoms with Gasteiger partial charge in [0.2, 0.25) is 0 Å². The van der Waals surface area contributed by atoms with E-state index < -0.39 is 11.7 Å². The minimum atomic E-state index is -0.534. The van der Waals surface area contributed by atoms with Gasteiger partial charge in [-0.3, -0.25) is 13.9 Å². The van der Waals surface area contributed by atoms with Gasteiger partial charge in [0.25, 0.3) is 5.91 Å². The molecule has 0 aliphatic heterocycles. The molecule has 0 aliphatic carbocycles. The monoisotopic (exact) mass is 442 g/mol. The summed E-state index contributed by atoms with van der Waals surface area (Å²) in [7, 11) is 0. The van der Waals surface area contributed by atoms with Gasteiger partial charge < -0.3 is 5.32 Å². The minimum absolute atomic E-state index is 0.00670. The zero-order valence-corrected chi connectivity index (χ0v) is 16.9. The summed E-state index contributed by atoms with van der Waals surface area (Å²) in [6, 6.07) is 12.9. The second kappa shape index (κ2) is 8.69. The molecule has 31 heavy (non-hydrogen) atoms. The quantitative estimate of drug-likeness (QED) is 0.496. The Bertz CT molecular complexity index is 1320. The number of nitrogens with zero attached hydrogens (tertiary/aromatic N) is 3. The van der Waals surface area contributed by atoms with Crippen molar-refractivity contribution in [1.29, 1.82) is 0 Å². The predicted octanol–water partition coefficient (Wildman–Crippen LogP) is 3.61. The Balaban J connectivity index is 1.55. The van der Waals surface area contributed by atoms with E-state index in [1.807, 2.05) is 0 Å². The van der Waals surface area contributed by atoms with Crippen LogP contribution in [0.1, 0.15) is 15.9 Å². The van der Waals surface area contributed by atoms with Gasteiger partial charge in [0.1, 0.15) is 11.6 Å². The lowest BCUT2D eigenvalue weighted by molar-refractivity contribution is 0.0952. The van der Waals surface area contributed by atoms with Crippen molar-refractivity contribution in [2.75, 3.05) is 6.54 Å². The molecular formula is C22H17ClF2N4O2. The minimum Gasteiger partial charge on any atom is -0.350 e. The van der Waals surface area contributed by atoms with Gasteiger partial charge in [-0.1, -0.05) is 23.7 Å². The molecule has 158 valence electrons. The van der Waals surface area contributed by atoms with Crippen LogP contribution in [-0.2, 0) is 13.1 Å². The van der Waals surface area contributed by atoms with Gasteiger partial charge in [-0.15, -0.1) is 0 Å². The van der Waals surface area contributed by atoms with Crippen molar-refractivity contribution in [3.05, 3.63) is 99.1 Å². The number of carbonyl (C=O) groups excluding carboxylic acids is 1. The van der Waals surface area contributed by atoms with Crippen LogP contribution in [0.5, 0.6) is 0 Å². The first-order valence-corrected chi connectivity index (χ1v) is 9.83. The maximum absolute atomic E-state index is 13.2. The Hall–Kier alpha value is -3.52. The van der Waals surface area contributed by atoms with Crippen LogP contribution in [0.15, 0.2) is 65.6 Å². The summed E-state index contributed by atoms with van der Waals surface area (Å²) in [6.45, 7) is 0.567. The fourth-order valence-corrected chi connectivity index (χ4v) is 3.58. The highest BCUT2D eigenvalue weighted by Crippen LogP contribution is 2.17. The van der Waals surface area contributed by atoms with Crippen molar-refractivity contribution in [3.8, 4) is 0 Å². The summed E-state index contributed by atoms with van der Waals surface area (Å²) in [5.74, 6) is -1.36. The van der Waals surface area contributed by atoms with Crippen LogP contribution < -0.4 is 11.0 Å². The van der Waals surface area contributed by atoms with Gasteiger partial charge in [-0.2, -0.15) is 0 Å². The first-order chi connectivity index (χ1) is 14.9. The molecule has 0 saturated heterocycles. The Morgan fingerprint density at radius 1 is 1.03 bits per heavy atom. The Kier molecular flexibility index (Phi) is 5.81. The number of benzene rings is 2. The highest BCUT2D eigenvalue weighted by atomic mass is 35.5. The van der Waals surface area contributed by atoms with Crippen molar-refractivity contribution in [1.82, 2.24) is 19.4 Å². The molecule has 1 N–H and O–H groups in total. The lowest BCUT2D eigenvalue weighted by atomic mass is 10.2. The zero-order chi connectivity index (χ0) is 22.0. The maximum atomic E-state index is 13.2. The molecule has 0 atom stereocenters. The fraction of sp³-hybridized carbons (Fsp3) is 0.136. The predicted molar refractivity (Wildman–Crippen MR) is 113 cm³/mol. The third kappa shape index (κ3) is 4.34. The van der Waals surface area contributed by atoms with E-state index in [9.17, 15) is 18.4 Å². The van der Waals surface area contributed by atoms with Crippen LogP contribution in [0.2, 0.25) is 5.02 Å². The molecule has 0 radical (unpaired) electrons. The lowest BCUT2D eigenvalue weighted by Gasteiger charge is -2.07. The molecular weight excluding hydrogens is 426 g/mol. The van der Waals surface area contributed by atoms with E-state index in [1.54, 1.807) is 35.0 Å². The largest absolute Gasteiger partial charge is 0.350 e. The van der Waals surface area contributed by atoms with Gasteiger partial charge in [0.15, 0.2) is 5.65 Å². The number of amides is 1. The van der Waals surface area contributed by atoms with Crippen LogP contribution in [0.4, 0.5) is 8.78 Å². The van der Waals surface area contributed by atoms with Crippen LogP contribution in [-0.4, -0.2) is 26.6 Å². The molecule has 4 rings (SSSR count). The number of pyridine rings is 1. The smallest absolute Gasteiger partial charge is 0.330 e. The second-order valence-electron chi connectivity index (χ2n) is 6.87. The van der Waals surface area contributed by atoms with Gasteiger partial charge in [-0.25, -0.2) is 18.6 Å². The average molecular weight is 443 g/mol. The van der Waals surface area contributed by atoms with E-state index in [-0.39, 0.29) is 41.7 Å². The zero-order valence-electron chi connectivity index (χ0n) is 16.2. The summed E-state index contributed by atoms with van der Waals surface area (Å²) in [5.41, 5.74) is 1.72. The molecule has 0 saturated carbocycles. The van der Waals surface area contributed by atoms with E-state index in [4.69, 9.17) is 11.6 Å². The van der Waals surface area contributed by atoms with E-state index >= 15 is 0 Å². The number of nitrogens with one attached hydrogen (secondary N) is 1. The van der Waals surface area contributed by atoms with Gasteiger partial charge in [0.05, 0.1) is 22.6 Å². The summed E-state index contributed by atoms with van der Waals surface area (Å²) >= 11 is 5.92. The van der Waals surface area contributed by atoms with Crippen molar-refractivity contribution in [2.24, 2.45) is 0 Å². The van der Waals surface area contributed by atoms with E-state index in [0.717, 1.165) is 17.7 Å². The van der Waals surface area contributed by atoms with Crippen LogP contribution in [0, 0.1) is 11.6 Å². The van der Waals surface area contributed by atoms with Crippen molar-refractivity contribution in [3.63, 3.8) is 0 Å². The van der Waals surface area contributed by atoms with E-state index in [1.165, 1.54) is 22.8 Å². The summed E-state index contributed by atoms with van der Waals surface area (Å²) < 4.78 is 29.4. The van der Waals surface area contributed by atoms with Gasteiger partial charge in [-0.05, 0) is 48.0 Å². The molecule has 1 amide bonds. The molecule has 4 aromatic rings. The Morgan fingerprint density at radius 2 is 1.77 bits per heavy atom. The number of aromatic nitrogens is 3. The number of rotatable bonds is 6. The first-order valence-electron chi connectivity index (χ1n) is 9.46. The van der Waals surface area contributed by atoms with Crippen LogP contribution in [0.3, 0.4) is 0 Å².